The van der Waals surface area contributed by atoms with E-state index < -0.39 is 5.91 Å². The van der Waals surface area contributed by atoms with E-state index in [9.17, 15) is 4.79 Å². The van der Waals surface area contributed by atoms with Gasteiger partial charge in [-0.05, 0) is 19.1 Å². The maximum atomic E-state index is 11.9. The Labute approximate surface area is 112 Å². The Morgan fingerprint density at radius 3 is 3.00 bits per heavy atom. The van der Waals surface area contributed by atoms with E-state index in [-0.39, 0.29) is 5.69 Å². The number of pyridine rings is 1. The van der Waals surface area contributed by atoms with Gasteiger partial charge in [-0.1, -0.05) is 22.9 Å². The van der Waals surface area contributed by atoms with Gasteiger partial charge in [0.2, 0.25) is 5.13 Å². The number of carbonyl (C=O) groups excluding carboxylic acids is 1. The van der Waals surface area contributed by atoms with Crippen molar-refractivity contribution in [3.8, 4) is 0 Å². The zero-order chi connectivity index (χ0) is 13.0. The largest absolute Gasteiger partial charge is 0.370 e. The molecule has 0 radical (unpaired) electrons. The molecule has 0 saturated carbocycles. The quantitative estimate of drug-likeness (QED) is 0.900. The van der Waals surface area contributed by atoms with Crippen molar-refractivity contribution in [3.05, 3.63) is 28.4 Å². The molecule has 0 aliphatic carbocycles. The lowest BCUT2D eigenvalue weighted by atomic mass is 10.3. The van der Waals surface area contributed by atoms with Crippen molar-refractivity contribution in [2.24, 2.45) is 0 Å². The molecule has 0 aliphatic heterocycles. The second-order valence-corrected chi connectivity index (χ2v) is 4.50. The van der Waals surface area contributed by atoms with E-state index in [4.69, 9.17) is 11.6 Å². The summed E-state index contributed by atoms with van der Waals surface area (Å²) in [5, 5.41) is 13.6. The number of nitrogens with zero attached hydrogens (tertiary/aromatic N) is 3. The van der Waals surface area contributed by atoms with Crippen molar-refractivity contribution >= 4 is 39.8 Å². The fraction of sp³-hybridized carbons (Fsp3) is 0.200. The maximum absolute atomic E-state index is 11.9. The number of hydrogen-bond acceptors (Lipinski definition) is 6. The Balaban J connectivity index is 2.20. The summed E-state index contributed by atoms with van der Waals surface area (Å²) in [6.45, 7) is 2.66. The van der Waals surface area contributed by atoms with Gasteiger partial charge in [-0.2, -0.15) is 0 Å². The molecule has 2 aromatic heterocycles. The van der Waals surface area contributed by atoms with Crippen LogP contribution in [0, 0.1) is 0 Å². The van der Waals surface area contributed by atoms with Crippen LogP contribution in [-0.4, -0.2) is 27.6 Å². The first-order chi connectivity index (χ1) is 8.70. The Morgan fingerprint density at radius 2 is 2.33 bits per heavy atom. The Bertz CT molecular complexity index is 545. The molecule has 1 amide bonds. The Hall–Kier alpha value is -1.73. The molecule has 6 nitrogen and oxygen atoms in total. The van der Waals surface area contributed by atoms with Crippen LogP contribution in [0.1, 0.15) is 17.4 Å². The molecule has 94 valence electrons. The van der Waals surface area contributed by atoms with Crippen LogP contribution >= 0.6 is 22.9 Å². The van der Waals surface area contributed by atoms with E-state index in [1.807, 2.05) is 6.92 Å². The number of amides is 1. The molecular formula is C10H10ClN5OS. The third-order valence-corrected chi connectivity index (χ3v) is 2.91. The van der Waals surface area contributed by atoms with Crippen molar-refractivity contribution in [3.63, 3.8) is 0 Å². The van der Waals surface area contributed by atoms with E-state index in [0.717, 1.165) is 0 Å². The van der Waals surface area contributed by atoms with Crippen LogP contribution < -0.4 is 10.6 Å². The average molecular weight is 284 g/mol. The predicted octanol–water partition coefficient (Wildman–Crippen LogP) is 2.27. The number of nitrogens with one attached hydrogen (secondary N) is 2. The number of carbonyl (C=O) groups is 1. The number of halogens is 1. The lowest BCUT2D eigenvalue weighted by molar-refractivity contribution is 0.102. The molecule has 18 heavy (non-hydrogen) atoms. The summed E-state index contributed by atoms with van der Waals surface area (Å²) in [6.07, 6.45) is 0. The van der Waals surface area contributed by atoms with Crippen molar-refractivity contribution in [2.45, 2.75) is 6.92 Å². The van der Waals surface area contributed by atoms with E-state index in [1.54, 1.807) is 12.1 Å². The van der Waals surface area contributed by atoms with Crippen LogP contribution in [0.2, 0.25) is 5.02 Å². The molecule has 0 spiro atoms. The highest BCUT2D eigenvalue weighted by Gasteiger charge is 2.14. The van der Waals surface area contributed by atoms with E-state index in [0.29, 0.717) is 22.5 Å². The van der Waals surface area contributed by atoms with Gasteiger partial charge >= 0.3 is 0 Å². The van der Waals surface area contributed by atoms with Gasteiger partial charge in [0.15, 0.2) is 0 Å². The van der Waals surface area contributed by atoms with Crippen LogP contribution in [0.25, 0.3) is 0 Å². The Kier molecular flexibility index (Phi) is 4.06. The van der Waals surface area contributed by atoms with Crippen molar-refractivity contribution in [1.29, 1.82) is 0 Å². The molecule has 0 atom stereocenters. The Morgan fingerprint density at radius 1 is 1.50 bits per heavy atom. The summed E-state index contributed by atoms with van der Waals surface area (Å²) in [7, 11) is 0. The van der Waals surface area contributed by atoms with Crippen molar-refractivity contribution in [1.82, 2.24) is 15.2 Å². The topological polar surface area (TPSA) is 79.8 Å². The minimum Gasteiger partial charge on any atom is -0.370 e. The van der Waals surface area contributed by atoms with Gasteiger partial charge in [-0.15, -0.1) is 10.2 Å². The van der Waals surface area contributed by atoms with Crippen LogP contribution in [0.15, 0.2) is 17.6 Å². The molecule has 0 aliphatic rings. The second kappa shape index (κ2) is 5.74. The first-order valence-electron chi connectivity index (χ1n) is 5.18. The smallest absolute Gasteiger partial charge is 0.277 e. The molecular weight excluding hydrogens is 274 g/mol. The summed E-state index contributed by atoms with van der Waals surface area (Å²) in [5.41, 5.74) is 1.69. The standard InChI is InChI=1S/C10H10ClN5OS/c1-2-12-7-4-3-6(11)8(14-7)9(17)15-10-16-13-5-18-10/h3-5H,2H2,1H3,(H,12,14)(H,15,16,17). The SMILES string of the molecule is CCNc1ccc(Cl)c(C(=O)Nc2nncs2)n1. The van der Waals surface area contributed by atoms with Crippen LogP contribution in [0.5, 0.6) is 0 Å². The molecule has 0 bridgehead atoms. The molecule has 0 fully saturated rings. The summed E-state index contributed by atoms with van der Waals surface area (Å²) in [5.74, 6) is 0.195. The zero-order valence-electron chi connectivity index (χ0n) is 9.48. The third kappa shape index (κ3) is 2.93. The summed E-state index contributed by atoms with van der Waals surface area (Å²) in [4.78, 5) is 16.1. The minimum absolute atomic E-state index is 0.158. The zero-order valence-corrected chi connectivity index (χ0v) is 11.0. The third-order valence-electron chi connectivity index (χ3n) is 2.00. The highest BCUT2D eigenvalue weighted by Crippen LogP contribution is 2.18. The van der Waals surface area contributed by atoms with Gasteiger partial charge in [-0.3, -0.25) is 10.1 Å². The van der Waals surface area contributed by atoms with Crippen molar-refractivity contribution in [2.75, 3.05) is 17.2 Å². The molecule has 2 aromatic rings. The van der Waals surface area contributed by atoms with Gasteiger partial charge < -0.3 is 5.32 Å². The monoisotopic (exact) mass is 283 g/mol. The molecule has 2 N–H and O–H groups in total. The molecule has 2 rings (SSSR count). The first-order valence-corrected chi connectivity index (χ1v) is 6.44. The summed E-state index contributed by atoms with van der Waals surface area (Å²) in [6, 6.07) is 3.34. The van der Waals surface area contributed by atoms with Crippen LogP contribution in [0.3, 0.4) is 0 Å². The number of anilines is 2. The van der Waals surface area contributed by atoms with Gasteiger partial charge in [-0.25, -0.2) is 4.98 Å². The molecule has 2 heterocycles. The summed E-state index contributed by atoms with van der Waals surface area (Å²) < 4.78 is 0. The number of rotatable bonds is 4. The first kappa shape index (κ1) is 12.7. The van der Waals surface area contributed by atoms with Crippen LogP contribution in [-0.2, 0) is 0 Å². The average Bonchev–Trinajstić information content (AvgIpc) is 2.84. The molecule has 0 unspecified atom stereocenters. The van der Waals surface area contributed by atoms with Gasteiger partial charge in [0.05, 0.1) is 5.02 Å². The van der Waals surface area contributed by atoms with Gasteiger partial charge in [0.1, 0.15) is 17.0 Å². The van der Waals surface area contributed by atoms with Crippen molar-refractivity contribution < 1.29 is 4.79 Å². The highest BCUT2D eigenvalue weighted by atomic mass is 35.5. The number of hydrogen-bond donors (Lipinski definition) is 2. The molecule has 8 heteroatoms. The van der Waals surface area contributed by atoms with E-state index in [2.05, 4.69) is 25.8 Å². The van der Waals surface area contributed by atoms with E-state index in [1.165, 1.54) is 16.8 Å². The van der Waals surface area contributed by atoms with Crippen LogP contribution in [0.4, 0.5) is 10.9 Å². The number of aromatic nitrogens is 3. The fourth-order valence-electron chi connectivity index (χ4n) is 1.26. The lowest BCUT2D eigenvalue weighted by Gasteiger charge is -2.06. The van der Waals surface area contributed by atoms with Gasteiger partial charge in [0, 0.05) is 6.54 Å². The van der Waals surface area contributed by atoms with Gasteiger partial charge in [0.25, 0.3) is 5.91 Å². The van der Waals surface area contributed by atoms with E-state index >= 15 is 0 Å². The normalized spacial score (nSPS) is 10.1. The lowest BCUT2D eigenvalue weighted by Crippen LogP contribution is -2.15. The minimum atomic E-state index is -0.406. The molecule has 0 aromatic carbocycles. The second-order valence-electron chi connectivity index (χ2n) is 3.26. The molecule has 0 saturated heterocycles. The fourth-order valence-corrected chi connectivity index (χ4v) is 1.90. The predicted molar refractivity (Wildman–Crippen MR) is 71.3 cm³/mol. The maximum Gasteiger partial charge on any atom is 0.277 e. The highest BCUT2D eigenvalue weighted by molar-refractivity contribution is 7.13. The summed E-state index contributed by atoms with van der Waals surface area (Å²) >= 11 is 7.17.